The first-order valence-electron chi connectivity index (χ1n) is 6.99. The highest BCUT2D eigenvalue weighted by Gasteiger charge is 2.15. The van der Waals surface area contributed by atoms with Crippen LogP contribution in [-0.2, 0) is 6.42 Å². The summed E-state index contributed by atoms with van der Waals surface area (Å²) in [5, 5.41) is 18.9. The average Bonchev–Trinajstić information content (AvgIpc) is 3.25. The predicted molar refractivity (Wildman–Crippen MR) is 82.8 cm³/mol. The highest BCUT2D eigenvalue weighted by atomic mass is 32.1. The Labute approximate surface area is 130 Å². The van der Waals surface area contributed by atoms with Crippen LogP contribution < -0.4 is 5.32 Å². The van der Waals surface area contributed by atoms with Gasteiger partial charge in [-0.15, -0.1) is 10.2 Å². The number of carbonyl (C=O) groups is 1. The van der Waals surface area contributed by atoms with Crippen LogP contribution in [0.4, 0.5) is 5.13 Å². The molecule has 3 aromatic heterocycles. The van der Waals surface area contributed by atoms with Gasteiger partial charge in [-0.3, -0.25) is 15.2 Å². The Balaban J connectivity index is 1.65. The minimum atomic E-state index is -0.327. The van der Waals surface area contributed by atoms with E-state index in [2.05, 4.69) is 32.6 Å². The highest BCUT2D eigenvalue weighted by molar-refractivity contribution is 7.15. The smallest absolute Gasteiger partial charge is 0.277 e. The molecular formula is C14H15N5O2S. The lowest BCUT2D eigenvalue weighted by molar-refractivity contribution is 0.102. The van der Waals surface area contributed by atoms with Crippen molar-refractivity contribution in [3.8, 4) is 11.5 Å². The van der Waals surface area contributed by atoms with Gasteiger partial charge in [0.25, 0.3) is 5.91 Å². The first-order chi connectivity index (χ1) is 10.8. The Morgan fingerprint density at radius 1 is 1.45 bits per heavy atom. The van der Waals surface area contributed by atoms with Crippen molar-refractivity contribution in [3.63, 3.8) is 0 Å². The third kappa shape index (κ3) is 3.22. The first kappa shape index (κ1) is 14.5. The van der Waals surface area contributed by atoms with E-state index in [9.17, 15) is 4.79 Å². The summed E-state index contributed by atoms with van der Waals surface area (Å²) < 4.78 is 5.25. The molecule has 0 bridgehead atoms. The minimum Gasteiger partial charge on any atom is -0.463 e. The normalized spacial score (nSPS) is 10.8. The number of furan rings is 1. The maximum atomic E-state index is 12.1. The molecule has 0 saturated heterocycles. The Bertz CT molecular complexity index is 747. The maximum absolute atomic E-state index is 12.1. The standard InChI is InChI=1S/C14H15N5O2S/c1-2-3-6-12-18-19-14(22-12)15-13(20)10-8-9(16-17-10)11-5-4-7-21-11/h4-5,7-8H,2-3,6H2,1H3,(H,16,17)(H,15,19,20). The van der Waals surface area contributed by atoms with Crippen LogP contribution in [0.15, 0.2) is 28.9 Å². The van der Waals surface area contributed by atoms with E-state index in [-0.39, 0.29) is 11.6 Å². The summed E-state index contributed by atoms with van der Waals surface area (Å²) in [6.07, 6.45) is 4.61. The van der Waals surface area contributed by atoms with Crippen molar-refractivity contribution < 1.29 is 9.21 Å². The molecule has 3 aromatic rings. The van der Waals surface area contributed by atoms with Crippen LogP contribution >= 0.6 is 11.3 Å². The van der Waals surface area contributed by atoms with Crippen molar-refractivity contribution >= 4 is 22.4 Å². The van der Waals surface area contributed by atoms with Gasteiger partial charge in [0.1, 0.15) is 10.7 Å². The van der Waals surface area contributed by atoms with E-state index >= 15 is 0 Å². The average molecular weight is 317 g/mol. The largest absolute Gasteiger partial charge is 0.463 e. The van der Waals surface area contributed by atoms with Crippen molar-refractivity contribution in [1.29, 1.82) is 0 Å². The zero-order valence-corrected chi connectivity index (χ0v) is 12.8. The summed E-state index contributed by atoms with van der Waals surface area (Å²) in [5.74, 6) is 0.302. The summed E-state index contributed by atoms with van der Waals surface area (Å²) >= 11 is 1.39. The van der Waals surface area contributed by atoms with Gasteiger partial charge in [-0.2, -0.15) is 5.10 Å². The molecule has 0 fully saturated rings. The van der Waals surface area contributed by atoms with Gasteiger partial charge < -0.3 is 4.42 Å². The molecule has 0 radical (unpaired) electrons. The SMILES string of the molecule is CCCCc1nnc(NC(=O)c2cc(-c3ccco3)[nH]n2)s1. The van der Waals surface area contributed by atoms with Crippen LogP contribution in [0.25, 0.3) is 11.5 Å². The maximum Gasteiger partial charge on any atom is 0.277 e. The molecule has 0 aliphatic carbocycles. The molecule has 0 aliphatic heterocycles. The van der Waals surface area contributed by atoms with E-state index < -0.39 is 0 Å². The first-order valence-corrected chi connectivity index (χ1v) is 7.81. The number of amides is 1. The van der Waals surface area contributed by atoms with Crippen molar-refractivity contribution in [2.75, 3.05) is 5.32 Å². The number of H-pyrrole nitrogens is 1. The highest BCUT2D eigenvalue weighted by Crippen LogP contribution is 2.20. The topological polar surface area (TPSA) is 96.7 Å². The summed E-state index contributed by atoms with van der Waals surface area (Å²) in [6.45, 7) is 2.12. The van der Waals surface area contributed by atoms with E-state index in [1.54, 1.807) is 24.5 Å². The van der Waals surface area contributed by atoms with Crippen LogP contribution in [0.3, 0.4) is 0 Å². The van der Waals surface area contributed by atoms with Gasteiger partial charge in [0.05, 0.1) is 6.26 Å². The third-order valence-electron chi connectivity index (χ3n) is 3.03. The Morgan fingerprint density at radius 2 is 2.36 bits per heavy atom. The zero-order chi connectivity index (χ0) is 15.4. The Kier molecular flexibility index (Phi) is 4.29. The van der Waals surface area contributed by atoms with Gasteiger partial charge in [-0.1, -0.05) is 24.7 Å². The fourth-order valence-corrected chi connectivity index (χ4v) is 2.67. The van der Waals surface area contributed by atoms with Crippen LogP contribution in [0.1, 0.15) is 35.3 Å². The number of hydrogen-bond acceptors (Lipinski definition) is 6. The van der Waals surface area contributed by atoms with Crippen molar-refractivity contribution in [2.24, 2.45) is 0 Å². The van der Waals surface area contributed by atoms with E-state index in [0.29, 0.717) is 16.6 Å². The molecule has 7 nitrogen and oxygen atoms in total. The predicted octanol–water partition coefficient (Wildman–Crippen LogP) is 3.12. The number of unbranched alkanes of at least 4 members (excludes halogenated alkanes) is 1. The quantitative estimate of drug-likeness (QED) is 0.728. The summed E-state index contributed by atoms with van der Waals surface area (Å²) in [7, 11) is 0. The molecule has 0 unspecified atom stereocenters. The molecule has 2 N–H and O–H groups in total. The Morgan fingerprint density at radius 3 is 3.14 bits per heavy atom. The van der Waals surface area contributed by atoms with Crippen LogP contribution in [0, 0.1) is 0 Å². The monoisotopic (exact) mass is 317 g/mol. The van der Waals surface area contributed by atoms with Gasteiger partial charge in [0.15, 0.2) is 11.5 Å². The van der Waals surface area contributed by atoms with Gasteiger partial charge in [0, 0.05) is 12.5 Å². The number of aromatic nitrogens is 4. The molecule has 3 rings (SSSR count). The summed E-state index contributed by atoms with van der Waals surface area (Å²) in [6, 6.07) is 5.20. The van der Waals surface area contributed by atoms with Crippen LogP contribution in [0.2, 0.25) is 0 Å². The van der Waals surface area contributed by atoms with E-state index in [0.717, 1.165) is 24.3 Å². The van der Waals surface area contributed by atoms with Gasteiger partial charge in [0.2, 0.25) is 5.13 Å². The number of nitrogens with zero attached hydrogens (tertiary/aromatic N) is 3. The molecule has 0 saturated carbocycles. The number of aromatic amines is 1. The molecule has 0 atom stereocenters. The lowest BCUT2D eigenvalue weighted by Crippen LogP contribution is -2.12. The molecule has 0 aliphatic rings. The van der Waals surface area contributed by atoms with Crippen molar-refractivity contribution in [2.45, 2.75) is 26.2 Å². The molecule has 0 aromatic carbocycles. The van der Waals surface area contributed by atoms with Gasteiger partial charge in [-0.25, -0.2) is 0 Å². The third-order valence-corrected chi connectivity index (χ3v) is 3.93. The van der Waals surface area contributed by atoms with E-state index in [4.69, 9.17) is 4.42 Å². The van der Waals surface area contributed by atoms with E-state index in [1.807, 2.05) is 0 Å². The number of nitrogens with one attached hydrogen (secondary N) is 2. The van der Waals surface area contributed by atoms with E-state index in [1.165, 1.54) is 11.3 Å². The molecule has 0 spiro atoms. The molecule has 1 amide bonds. The van der Waals surface area contributed by atoms with Gasteiger partial charge in [-0.05, 0) is 18.6 Å². The molecule has 8 heteroatoms. The number of carbonyl (C=O) groups excluding carboxylic acids is 1. The number of rotatable bonds is 6. The molecule has 3 heterocycles. The summed E-state index contributed by atoms with van der Waals surface area (Å²) in [4.78, 5) is 12.1. The number of aryl methyl sites for hydroxylation is 1. The summed E-state index contributed by atoms with van der Waals surface area (Å²) in [5.41, 5.74) is 0.924. The lowest BCUT2D eigenvalue weighted by atomic mass is 10.3. The molecular weight excluding hydrogens is 302 g/mol. The van der Waals surface area contributed by atoms with Gasteiger partial charge >= 0.3 is 0 Å². The Hall–Kier alpha value is -2.48. The lowest BCUT2D eigenvalue weighted by Gasteiger charge is -1.95. The second-order valence-electron chi connectivity index (χ2n) is 4.70. The second kappa shape index (κ2) is 6.52. The zero-order valence-electron chi connectivity index (χ0n) is 12.0. The molecule has 22 heavy (non-hydrogen) atoms. The fraction of sp³-hybridized carbons (Fsp3) is 0.286. The number of anilines is 1. The van der Waals surface area contributed by atoms with Crippen molar-refractivity contribution in [3.05, 3.63) is 35.2 Å². The minimum absolute atomic E-state index is 0.275. The fourth-order valence-electron chi connectivity index (χ4n) is 1.89. The van der Waals surface area contributed by atoms with Crippen LogP contribution in [-0.4, -0.2) is 26.3 Å². The van der Waals surface area contributed by atoms with Crippen LogP contribution in [0.5, 0.6) is 0 Å². The number of hydrogen-bond donors (Lipinski definition) is 2. The molecule has 114 valence electrons. The van der Waals surface area contributed by atoms with Crippen molar-refractivity contribution in [1.82, 2.24) is 20.4 Å². The second-order valence-corrected chi connectivity index (χ2v) is 5.76.